The molecule has 4 aliphatic carbocycles. The fraction of sp³-hybridized carbons (Fsp3) is 0.760. The molecule has 0 heterocycles. The van der Waals surface area contributed by atoms with Gasteiger partial charge >= 0.3 is 0 Å². The standard InChI is InChI=1S/C25H38OS/c1-5-17-27(26)23(6-2)22-13-12-20-19-11-10-18-9-7-8-15-24(18,3)21(19)14-16-25(20,22)4/h5-6,10,17,19-23H,2,7-9,11-16H2,1,3-4H3/b17-5-/t19-,20-,21-,22+,23?,24-,25-,27?/m0/s1. The Morgan fingerprint density at radius 2 is 2.00 bits per heavy atom. The van der Waals surface area contributed by atoms with Crippen LogP contribution in [-0.4, -0.2) is 9.46 Å². The number of rotatable bonds is 4. The Bertz CT molecular complexity index is 676. The average Bonchev–Trinajstić information content (AvgIpc) is 2.99. The molecule has 3 saturated carbocycles. The zero-order chi connectivity index (χ0) is 19.2. The maximum atomic E-state index is 12.8. The Balaban J connectivity index is 1.62. The van der Waals surface area contributed by atoms with Gasteiger partial charge in [-0.25, -0.2) is 0 Å². The molecule has 0 saturated heterocycles. The van der Waals surface area contributed by atoms with Crippen LogP contribution in [0.1, 0.15) is 78.6 Å². The molecule has 0 aromatic carbocycles. The van der Waals surface area contributed by atoms with E-state index in [1.165, 1.54) is 57.8 Å². The maximum absolute atomic E-state index is 12.8. The number of hydrogen-bond donors (Lipinski definition) is 0. The highest BCUT2D eigenvalue weighted by Crippen LogP contribution is 2.66. The van der Waals surface area contributed by atoms with Crippen LogP contribution in [0.25, 0.3) is 0 Å². The van der Waals surface area contributed by atoms with E-state index >= 15 is 0 Å². The molecule has 0 aliphatic heterocycles. The van der Waals surface area contributed by atoms with Gasteiger partial charge in [0, 0.05) is 0 Å². The minimum atomic E-state index is -0.924. The van der Waals surface area contributed by atoms with Gasteiger partial charge in [-0.2, -0.15) is 0 Å². The molecule has 4 aliphatic rings. The fourth-order valence-corrected chi connectivity index (χ4v) is 9.33. The number of fused-ring (bicyclic) bond motifs is 5. The van der Waals surface area contributed by atoms with Crippen molar-refractivity contribution >= 4 is 10.8 Å². The lowest BCUT2D eigenvalue weighted by molar-refractivity contribution is -0.0399. The first-order valence-corrected chi connectivity index (χ1v) is 12.6. The molecule has 150 valence electrons. The van der Waals surface area contributed by atoms with Crippen LogP contribution in [0.4, 0.5) is 0 Å². The summed E-state index contributed by atoms with van der Waals surface area (Å²) in [6, 6.07) is 0. The predicted molar refractivity (Wildman–Crippen MR) is 117 cm³/mol. The molecule has 2 unspecified atom stereocenters. The van der Waals surface area contributed by atoms with Crippen LogP contribution < -0.4 is 0 Å². The topological polar surface area (TPSA) is 17.1 Å². The molecule has 0 bridgehead atoms. The van der Waals surface area contributed by atoms with E-state index in [4.69, 9.17) is 0 Å². The van der Waals surface area contributed by atoms with Gasteiger partial charge in [0.15, 0.2) is 0 Å². The maximum Gasteiger partial charge on any atom is 0.0599 e. The Kier molecular flexibility index (Phi) is 5.33. The van der Waals surface area contributed by atoms with Gasteiger partial charge in [-0.3, -0.25) is 4.21 Å². The quantitative estimate of drug-likeness (QED) is 0.486. The van der Waals surface area contributed by atoms with Crippen molar-refractivity contribution in [1.82, 2.24) is 0 Å². The van der Waals surface area contributed by atoms with Crippen molar-refractivity contribution in [3.05, 3.63) is 35.8 Å². The Hall–Kier alpha value is -0.630. The third-order valence-electron chi connectivity index (χ3n) is 9.26. The molecule has 0 radical (unpaired) electrons. The lowest BCUT2D eigenvalue weighted by Gasteiger charge is -2.58. The van der Waals surface area contributed by atoms with Gasteiger partial charge in [-0.05, 0) is 98.2 Å². The summed E-state index contributed by atoms with van der Waals surface area (Å²) in [5.41, 5.74) is 2.62. The second-order valence-electron chi connectivity index (χ2n) is 10.2. The molecule has 0 amide bonds. The van der Waals surface area contributed by atoms with Gasteiger partial charge < -0.3 is 0 Å². The summed E-state index contributed by atoms with van der Waals surface area (Å²) < 4.78 is 12.8. The summed E-state index contributed by atoms with van der Waals surface area (Å²) in [6.45, 7) is 11.2. The molecular formula is C25H38OS. The Morgan fingerprint density at radius 1 is 1.19 bits per heavy atom. The first-order chi connectivity index (χ1) is 13.0. The zero-order valence-corrected chi connectivity index (χ0v) is 18.4. The minimum Gasteiger partial charge on any atom is -0.254 e. The molecule has 1 nitrogen and oxygen atoms in total. The zero-order valence-electron chi connectivity index (χ0n) is 17.6. The largest absolute Gasteiger partial charge is 0.254 e. The first kappa shape index (κ1) is 19.7. The first-order valence-electron chi connectivity index (χ1n) is 11.3. The smallest absolute Gasteiger partial charge is 0.0599 e. The SMILES string of the molecule is C=CC([C@H]1CC[C@H]2[C@@H]3CC=C4CCCC[C@]4(C)[C@H]3CC[C@]12C)S(=O)/C=C\C. The molecule has 8 atom stereocenters. The van der Waals surface area contributed by atoms with Crippen LogP contribution >= 0.6 is 0 Å². The summed E-state index contributed by atoms with van der Waals surface area (Å²) in [5, 5.41) is 2.00. The van der Waals surface area contributed by atoms with E-state index in [0.29, 0.717) is 16.7 Å². The molecule has 0 aromatic rings. The molecular weight excluding hydrogens is 348 g/mol. The van der Waals surface area contributed by atoms with Crippen molar-refractivity contribution in [3.63, 3.8) is 0 Å². The molecule has 0 spiro atoms. The molecule has 0 N–H and O–H groups in total. The van der Waals surface area contributed by atoms with Crippen molar-refractivity contribution in [2.75, 3.05) is 0 Å². The normalized spacial score (nSPS) is 46.1. The summed E-state index contributed by atoms with van der Waals surface area (Å²) in [4.78, 5) is 0. The van der Waals surface area contributed by atoms with Crippen LogP contribution in [0.5, 0.6) is 0 Å². The fourth-order valence-electron chi connectivity index (χ4n) is 7.92. The van der Waals surface area contributed by atoms with Crippen LogP contribution in [0.15, 0.2) is 35.8 Å². The minimum absolute atomic E-state index is 0.118. The monoisotopic (exact) mass is 386 g/mol. The van der Waals surface area contributed by atoms with E-state index in [9.17, 15) is 4.21 Å². The van der Waals surface area contributed by atoms with E-state index in [1.54, 1.807) is 5.57 Å². The second-order valence-corrected chi connectivity index (χ2v) is 11.7. The van der Waals surface area contributed by atoms with Gasteiger partial charge in [0.25, 0.3) is 0 Å². The predicted octanol–water partition coefficient (Wildman–Crippen LogP) is 6.79. The summed E-state index contributed by atoms with van der Waals surface area (Å²) in [7, 11) is -0.924. The lowest BCUT2D eigenvalue weighted by atomic mass is 9.47. The van der Waals surface area contributed by atoms with E-state index in [-0.39, 0.29) is 5.25 Å². The van der Waals surface area contributed by atoms with Gasteiger partial charge in [0.05, 0.1) is 16.0 Å². The summed E-state index contributed by atoms with van der Waals surface area (Å²) in [5.74, 6) is 3.07. The van der Waals surface area contributed by atoms with Crippen molar-refractivity contribution in [2.24, 2.45) is 34.5 Å². The van der Waals surface area contributed by atoms with Crippen LogP contribution in [0.2, 0.25) is 0 Å². The van der Waals surface area contributed by atoms with Gasteiger partial charge in [-0.15, -0.1) is 6.58 Å². The molecule has 0 aromatic heterocycles. The second kappa shape index (κ2) is 7.32. The highest BCUT2D eigenvalue weighted by molar-refractivity contribution is 7.88. The van der Waals surface area contributed by atoms with E-state index in [1.807, 2.05) is 24.5 Å². The average molecular weight is 387 g/mol. The van der Waals surface area contributed by atoms with Crippen molar-refractivity contribution in [2.45, 2.75) is 83.8 Å². The van der Waals surface area contributed by atoms with Crippen LogP contribution in [-0.2, 0) is 10.8 Å². The van der Waals surface area contributed by atoms with Gasteiger partial charge in [0.2, 0.25) is 0 Å². The summed E-state index contributed by atoms with van der Waals surface area (Å²) >= 11 is 0. The molecule has 4 rings (SSSR count). The number of hydrogen-bond acceptors (Lipinski definition) is 1. The third-order valence-corrected chi connectivity index (χ3v) is 10.9. The van der Waals surface area contributed by atoms with Crippen LogP contribution in [0.3, 0.4) is 0 Å². The van der Waals surface area contributed by atoms with Gasteiger partial charge in [-0.1, -0.05) is 44.1 Å². The molecule has 2 heteroatoms. The highest BCUT2D eigenvalue weighted by Gasteiger charge is 2.59. The van der Waals surface area contributed by atoms with E-state index < -0.39 is 10.8 Å². The van der Waals surface area contributed by atoms with Crippen molar-refractivity contribution < 1.29 is 4.21 Å². The highest BCUT2D eigenvalue weighted by atomic mass is 32.2. The van der Waals surface area contributed by atoms with Crippen LogP contribution in [0, 0.1) is 34.5 Å². The Morgan fingerprint density at radius 3 is 2.74 bits per heavy atom. The Labute approximate surface area is 169 Å². The van der Waals surface area contributed by atoms with E-state index in [2.05, 4.69) is 26.5 Å². The third kappa shape index (κ3) is 2.96. The van der Waals surface area contributed by atoms with Crippen molar-refractivity contribution in [3.8, 4) is 0 Å². The lowest BCUT2D eigenvalue weighted by Crippen LogP contribution is -2.50. The molecule has 27 heavy (non-hydrogen) atoms. The molecule has 3 fully saturated rings. The van der Waals surface area contributed by atoms with Crippen molar-refractivity contribution in [1.29, 1.82) is 0 Å². The van der Waals surface area contributed by atoms with E-state index in [0.717, 1.165) is 17.8 Å². The van der Waals surface area contributed by atoms with Gasteiger partial charge in [0.1, 0.15) is 0 Å². The number of allylic oxidation sites excluding steroid dienone is 3. The summed E-state index contributed by atoms with van der Waals surface area (Å²) in [6.07, 6.45) is 18.8.